The highest BCUT2D eigenvalue weighted by Crippen LogP contribution is 2.53. The first-order valence-electron chi connectivity index (χ1n) is 11.9. The van der Waals surface area contributed by atoms with Crippen molar-refractivity contribution in [3.05, 3.63) is 64.9 Å². The Morgan fingerprint density at radius 1 is 1.11 bits per heavy atom. The van der Waals surface area contributed by atoms with Gasteiger partial charge >= 0.3 is 0 Å². The number of anilines is 2. The number of piperidine rings is 1. The van der Waals surface area contributed by atoms with Gasteiger partial charge in [0.1, 0.15) is 27.9 Å². The minimum Gasteiger partial charge on any atom is -0.496 e. The monoisotopic (exact) mass is 519 g/mol. The molecule has 10 heteroatoms. The number of halogens is 1. The maximum atomic E-state index is 6.79. The molecule has 4 aromatic rings. The molecule has 1 fully saturated rings. The lowest BCUT2D eigenvalue weighted by Crippen LogP contribution is -2.44. The molecular weight excluding hydrogens is 494 g/mol. The average molecular weight is 520 g/mol. The Morgan fingerprint density at radius 3 is 2.75 bits per heavy atom. The third-order valence-electron chi connectivity index (χ3n) is 7.46. The van der Waals surface area contributed by atoms with E-state index in [4.69, 9.17) is 32.8 Å². The van der Waals surface area contributed by atoms with Gasteiger partial charge in [-0.05, 0) is 60.1 Å². The number of ether oxygens (including phenoxy) is 1. The summed E-state index contributed by atoms with van der Waals surface area (Å²) in [6, 6.07) is 11.9. The molecule has 0 amide bonds. The molecule has 1 spiro atoms. The van der Waals surface area contributed by atoms with Crippen LogP contribution in [0, 0.1) is 5.41 Å². The van der Waals surface area contributed by atoms with Gasteiger partial charge in [0.2, 0.25) is 0 Å². The summed E-state index contributed by atoms with van der Waals surface area (Å²) < 4.78 is 5.62. The molecule has 4 N–H and O–H groups in total. The Balaban J connectivity index is 1.18. The number of rotatable bonds is 4. The van der Waals surface area contributed by atoms with Crippen LogP contribution in [0.4, 0.5) is 11.6 Å². The molecule has 0 bridgehead atoms. The minimum absolute atomic E-state index is 0.0248. The number of nitrogens with two attached hydrogens (primary N) is 2. The lowest BCUT2D eigenvalue weighted by Gasteiger charge is -2.42. The highest BCUT2D eigenvalue weighted by molar-refractivity contribution is 7.99. The zero-order valence-corrected chi connectivity index (χ0v) is 21.4. The highest BCUT2D eigenvalue weighted by atomic mass is 35.5. The average Bonchev–Trinajstić information content (AvgIpc) is 3.18. The Morgan fingerprint density at radius 2 is 1.94 bits per heavy atom. The summed E-state index contributed by atoms with van der Waals surface area (Å²) in [5, 5.41) is 1.19. The van der Waals surface area contributed by atoms with Gasteiger partial charge in [-0.3, -0.25) is 0 Å². The van der Waals surface area contributed by atoms with Crippen LogP contribution in [0.3, 0.4) is 0 Å². The number of aromatic nitrogens is 4. The van der Waals surface area contributed by atoms with E-state index in [9.17, 15) is 0 Å². The van der Waals surface area contributed by atoms with Crippen molar-refractivity contribution in [1.29, 1.82) is 0 Å². The van der Waals surface area contributed by atoms with E-state index in [1.807, 2.05) is 36.5 Å². The molecule has 4 heterocycles. The van der Waals surface area contributed by atoms with Gasteiger partial charge in [-0.15, -0.1) is 0 Å². The van der Waals surface area contributed by atoms with Crippen LogP contribution in [0.5, 0.6) is 5.75 Å². The van der Waals surface area contributed by atoms with Crippen molar-refractivity contribution < 1.29 is 4.74 Å². The predicted molar refractivity (Wildman–Crippen MR) is 143 cm³/mol. The second-order valence-corrected chi connectivity index (χ2v) is 10.8. The lowest BCUT2D eigenvalue weighted by molar-refractivity contribution is 0.186. The van der Waals surface area contributed by atoms with E-state index in [-0.39, 0.29) is 11.5 Å². The van der Waals surface area contributed by atoms with Crippen molar-refractivity contribution in [3.8, 4) is 5.75 Å². The van der Waals surface area contributed by atoms with E-state index in [1.54, 1.807) is 13.3 Å². The fourth-order valence-electron chi connectivity index (χ4n) is 5.43. The molecule has 1 saturated heterocycles. The van der Waals surface area contributed by atoms with E-state index < -0.39 is 0 Å². The first kappa shape index (κ1) is 23.3. The van der Waals surface area contributed by atoms with Gasteiger partial charge in [-0.1, -0.05) is 35.5 Å². The number of benzene rings is 1. The summed E-state index contributed by atoms with van der Waals surface area (Å²) in [4.78, 5) is 21.2. The fraction of sp³-hybridized carbons (Fsp3) is 0.308. The van der Waals surface area contributed by atoms with E-state index in [0.717, 1.165) is 59.4 Å². The lowest BCUT2D eigenvalue weighted by atomic mass is 9.73. The minimum atomic E-state index is 0.0248. The summed E-state index contributed by atoms with van der Waals surface area (Å²) >= 11 is 7.70. The molecule has 1 aliphatic carbocycles. The van der Waals surface area contributed by atoms with Crippen LogP contribution in [0.15, 0.2) is 58.7 Å². The van der Waals surface area contributed by atoms with Crippen LogP contribution in [-0.4, -0.2) is 40.1 Å². The quantitative estimate of drug-likeness (QED) is 0.397. The fourth-order valence-corrected chi connectivity index (χ4v) is 6.48. The molecule has 0 unspecified atom stereocenters. The van der Waals surface area contributed by atoms with E-state index in [2.05, 4.69) is 25.9 Å². The summed E-state index contributed by atoms with van der Waals surface area (Å²) in [5.41, 5.74) is 16.5. The normalized spacial score (nSPS) is 18.5. The molecule has 1 aromatic carbocycles. The van der Waals surface area contributed by atoms with Crippen LogP contribution in [0.25, 0.3) is 11.2 Å². The molecule has 2 aliphatic rings. The van der Waals surface area contributed by atoms with Crippen LogP contribution < -0.4 is 21.1 Å². The third-order valence-corrected chi connectivity index (χ3v) is 8.96. The smallest absolute Gasteiger partial charge is 0.179 e. The summed E-state index contributed by atoms with van der Waals surface area (Å²) in [6.07, 6.45) is 6.39. The van der Waals surface area contributed by atoms with Gasteiger partial charge in [0.25, 0.3) is 0 Å². The van der Waals surface area contributed by atoms with Crippen molar-refractivity contribution in [2.45, 2.75) is 35.2 Å². The molecule has 1 aliphatic heterocycles. The van der Waals surface area contributed by atoms with Crippen LogP contribution >= 0.6 is 23.4 Å². The van der Waals surface area contributed by atoms with Gasteiger partial charge in [0.15, 0.2) is 5.65 Å². The standard InChI is InChI=1S/C26H26ClN7OS/c1-35-18-4-2-3-15-16(18)13-26(23(15)28)8-11-34(12-9-26)20-14-31-25-17(32-20)5-6-21(33-25)36-19-7-10-30-24(29)22(19)27/h2-7,10,14,23H,8-9,11-13,28H2,1H3,(H2,29,30)/t23-/m1/s1. The number of hydrogen-bond donors (Lipinski definition) is 2. The first-order valence-corrected chi connectivity index (χ1v) is 13.0. The van der Waals surface area contributed by atoms with Gasteiger partial charge in [0.05, 0.1) is 18.3 Å². The molecule has 0 radical (unpaired) electrons. The number of nitrogens with zero attached hydrogens (tertiary/aromatic N) is 5. The zero-order valence-electron chi connectivity index (χ0n) is 19.8. The van der Waals surface area contributed by atoms with Crippen molar-refractivity contribution in [1.82, 2.24) is 19.9 Å². The second kappa shape index (κ2) is 9.06. The van der Waals surface area contributed by atoms with Crippen molar-refractivity contribution in [2.24, 2.45) is 11.1 Å². The molecule has 3 aromatic heterocycles. The zero-order chi connectivity index (χ0) is 24.9. The van der Waals surface area contributed by atoms with E-state index in [1.165, 1.54) is 22.9 Å². The van der Waals surface area contributed by atoms with Gasteiger partial charge in [0, 0.05) is 30.2 Å². The maximum absolute atomic E-state index is 6.79. The third kappa shape index (κ3) is 3.91. The molecule has 1 atom stereocenters. The Kier molecular flexibility index (Phi) is 5.86. The van der Waals surface area contributed by atoms with Gasteiger partial charge in [-0.25, -0.2) is 19.9 Å². The van der Waals surface area contributed by atoms with Crippen LogP contribution in [0.2, 0.25) is 5.02 Å². The Labute approximate surface area is 218 Å². The van der Waals surface area contributed by atoms with E-state index >= 15 is 0 Å². The van der Waals surface area contributed by atoms with Crippen LogP contribution in [-0.2, 0) is 6.42 Å². The Hall–Kier alpha value is -3.14. The number of fused-ring (bicyclic) bond motifs is 2. The largest absolute Gasteiger partial charge is 0.496 e. The van der Waals surface area contributed by atoms with Crippen molar-refractivity contribution in [2.75, 3.05) is 30.8 Å². The molecule has 36 heavy (non-hydrogen) atoms. The molecule has 184 valence electrons. The molecular formula is C26H26ClN7OS. The van der Waals surface area contributed by atoms with Crippen molar-refractivity contribution >= 4 is 46.2 Å². The predicted octanol–water partition coefficient (Wildman–Crippen LogP) is 4.66. The van der Waals surface area contributed by atoms with Crippen LogP contribution in [0.1, 0.15) is 30.0 Å². The van der Waals surface area contributed by atoms with Gasteiger partial charge < -0.3 is 21.1 Å². The van der Waals surface area contributed by atoms with Crippen molar-refractivity contribution in [3.63, 3.8) is 0 Å². The maximum Gasteiger partial charge on any atom is 0.179 e. The number of hydrogen-bond acceptors (Lipinski definition) is 9. The van der Waals surface area contributed by atoms with E-state index in [0.29, 0.717) is 16.5 Å². The number of nitrogen functional groups attached to an aromatic ring is 1. The Bertz CT molecular complexity index is 1460. The summed E-state index contributed by atoms with van der Waals surface area (Å²) in [7, 11) is 1.73. The molecule has 6 rings (SSSR count). The number of pyridine rings is 2. The first-order chi connectivity index (χ1) is 17.5. The SMILES string of the molecule is COc1cccc2c1CC1(CCN(c3cnc4nc(Sc5ccnc(N)c5Cl)ccc4n3)CC1)[C@@H]2N. The second-order valence-electron chi connectivity index (χ2n) is 9.36. The summed E-state index contributed by atoms with van der Waals surface area (Å²) in [6.45, 7) is 1.76. The highest BCUT2D eigenvalue weighted by Gasteiger charge is 2.47. The topological polar surface area (TPSA) is 116 Å². The molecule has 0 saturated carbocycles. The molecule has 8 nitrogen and oxygen atoms in total. The number of methoxy groups -OCH3 is 1. The van der Waals surface area contributed by atoms with Gasteiger partial charge in [-0.2, -0.15) is 0 Å². The summed E-state index contributed by atoms with van der Waals surface area (Å²) in [5.74, 6) is 2.12.